The molecule has 0 aliphatic rings. The highest BCUT2D eigenvalue weighted by atomic mass is 32.2. The lowest BCUT2D eigenvalue weighted by Gasteiger charge is -2.12. The van der Waals surface area contributed by atoms with Gasteiger partial charge < -0.3 is 10.1 Å². The highest BCUT2D eigenvalue weighted by molar-refractivity contribution is 7.88. The topological polar surface area (TPSA) is 84.5 Å². The zero-order chi connectivity index (χ0) is 19.7. The molecule has 2 aromatic carbocycles. The van der Waals surface area contributed by atoms with Crippen molar-refractivity contribution in [1.82, 2.24) is 10.0 Å². The summed E-state index contributed by atoms with van der Waals surface area (Å²) in [6, 6.07) is 14.9. The summed E-state index contributed by atoms with van der Waals surface area (Å²) >= 11 is 0. The van der Waals surface area contributed by atoms with Gasteiger partial charge in [-0.05, 0) is 43.1 Å². The lowest BCUT2D eigenvalue weighted by Crippen LogP contribution is -2.25. The van der Waals surface area contributed by atoms with Crippen LogP contribution in [0.25, 0.3) is 0 Å². The van der Waals surface area contributed by atoms with Crippen LogP contribution in [-0.4, -0.2) is 28.0 Å². The Morgan fingerprint density at radius 1 is 1.00 bits per heavy atom. The summed E-state index contributed by atoms with van der Waals surface area (Å²) in [6.45, 7) is 2.80. The molecule has 6 nitrogen and oxygen atoms in total. The second-order valence-electron chi connectivity index (χ2n) is 6.05. The van der Waals surface area contributed by atoms with Gasteiger partial charge in [-0.2, -0.15) is 0 Å². The second kappa shape index (κ2) is 10.1. The molecule has 0 atom stereocenters. The van der Waals surface area contributed by atoms with Gasteiger partial charge in [-0.3, -0.25) is 4.79 Å². The van der Waals surface area contributed by atoms with E-state index in [0.717, 1.165) is 16.9 Å². The van der Waals surface area contributed by atoms with E-state index in [-0.39, 0.29) is 11.7 Å². The van der Waals surface area contributed by atoms with Gasteiger partial charge in [-0.25, -0.2) is 13.1 Å². The Balaban J connectivity index is 1.93. The molecule has 0 bridgehead atoms. The number of carbonyl (C=O) groups is 1. The lowest BCUT2D eigenvalue weighted by atomic mass is 10.1. The van der Waals surface area contributed by atoms with Crippen LogP contribution in [0.15, 0.2) is 48.5 Å². The second-order valence-corrected chi connectivity index (χ2v) is 7.98. The summed E-state index contributed by atoms with van der Waals surface area (Å²) < 4.78 is 31.5. The first-order valence-corrected chi connectivity index (χ1v) is 10.6. The van der Waals surface area contributed by atoms with Crippen LogP contribution in [0.4, 0.5) is 0 Å². The number of nitrogens with one attached hydrogen (secondary N) is 2. The van der Waals surface area contributed by atoms with Crippen LogP contribution in [0, 0.1) is 0 Å². The predicted octanol–water partition coefficient (Wildman–Crippen LogP) is 2.38. The van der Waals surface area contributed by atoms with Crippen molar-refractivity contribution in [2.45, 2.75) is 32.1 Å². The molecule has 7 heteroatoms. The number of benzene rings is 2. The van der Waals surface area contributed by atoms with Crippen LogP contribution in [0.2, 0.25) is 0 Å². The molecule has 0 spiro atoms. The highest BCUT2D eigenvalue weighted by Gasteiger charge is 2.13. The number of ether oxygens (including phenoxy) is 1. The van der Waals surface area contributed by atoms with Gasteiger partial charge in [-0.15, -0.1) is 0 Å². The molecule has 0 fully saturated rings. The number of para-hydroxylation sites is 1. The van der Waals surface area contributed by atoms with Gasteiger partial charge in [0.25, 0.3) is 0 Å². The van der Waals surface area contributed by atoms with E-state index < -0.39 is 10.0 Å². The Kier molecular flexibility index (Phi) is 7.82. The summed E-state index contributed by atoms with van der Waals surface area (Å²) in [5, 5.41) is 2.87. The molecule has 27 heavy (non-hydrogen) atoms. The van der Waals surface area contributed by atoms with Gasteiger partial charge in [0, 0.05) is 13.0 Å². The minimum absolute atomic E-state index is 0.0902. The predicted molar refractivity (Wildman–Crippen MR) is 106 cm³/mol. The van der Waals surface area contributed by atoms with Gasteiger partial charge in [0.15, 0.2) is 0 Å². The van der Waals surface area contributed by atoms with Gasteiger partial charge in [0.1, 0.15) is 5.75 Å². The molecule has 2 N–H and O–H groups in total. The van der Waals surface area contributed by atoms with Crippen LogP contribution in [-0.2, 0) is 33.5 Å². The van der Waals surface area contributed by atoms with Crippen molar-refractivity contribution < 1.29 is 17.9 Å². The van der Waals surface area contributed by atoms with Crippen molar-refractivity contribution in [2.24, 2.45) is 0 Å². The maximum absolute atomic E-state index is 12.2. The summed E-state index contributed by atoms with van der Waals surface area (Å²) in [5.41, 5.74) is 2.46. The fourth-order valence-electron chi connectivity index (χ4n) is 2.68. The van der Waals surface area contributed by atoms with Crippen molar-refractivity contribution in [3.8, 4) is 5.75 Å². The van der Waals surface area contributed by atoms with Gasteiger partial charge in [0.05, 0.1) is 12.4 Å². The number of aryl methyl sites for hydroxylation is 1. The Labute approximate surface area is 161 Å². The maximum Gasteiger partial charge on any atom is 0.220 e. The molecule has 2 rings (SSSR count). The molecule has 0 aliphatic heterocycles. The third kappa shape index (κ3) is 6.69. The molecule has 146 valence electrons. The fraction of sp³-hybridized carbons (Fsp3) is 0.350. The Hall–Kier alpha value is -2.38. The van der Waals surface area contributed by atoms with Crippen molar-refractivity contribution in [1.29, 1.82) is 0 Å². The molecule has 0 unspecified atom stereocenters. The summed E-state index contributed by atoms with van der Waals surface area (Å²) in [5.74, 6) is 0.597. The van der Waals surface area contributed by atoms with E-state index in [9.17, 15) is 13.2 Å². The van der Waals surface area contributed by atoms with E-state index in [1.54, 1.807) is 12.1 Å². The monoisotopic (exact) mass is 390 g/mol. The quantitative estimate of drug-likeness (QED) is 0.652. The molecule has 0 aromatic heterocycles. The van der Waals surface area contributed by atoms with Crippen molar-refractivity contribution >= 4 is 15.9 Å². The number of hydrogen-bond donors (Lipinski definition) is 2. The largest absolute Gasteiger partial charge is 0.494 e. The van der Waals surface area contributed by atoms with Crippen molar-refractivity contribution in [3.63, 3.8) is 0 Å². The summed E-state index contributed by atoms with van der Waals surface area (Å²) in [7, 11) is -1.98. The molecular weight excluding hydrogens is 364 g/mol. The maximum atomic E-state index is 12.2. The SMILES string of the molecule is CCOc1ccccc1CCC(=O)NCc1ccccc1CS(=O)(=O)NC. The average Bonchev–Trinajstić information content (AvgIpc) is 2.66. The molecule has 1 amide bonds. The smallest absolute Gasteiger partial charge is 0.220 e. The Morgan fingerprint density at radius 3 is 2.30 bits per heavy atom. The highest BCUT2D eigenvalue weighted by Crippen LogP contribution is 2.19. The molecule has 0 radical (unpaired) electrons. The standard InChI is InChI=1S/C20H26N2O4S/c1-3-26-19-11-7-6-8-16(19)12-13-20(23)22-14-17-9-4-5-10-18(17)15-27(24,25)21-2/h4-11,21H,3,12-15H2,1-2H3,(H,22,23). The third-order valence-corrected chi connectivity index (χ3v) is 5.46. The molecule has 0 heterocycles. The van der Waals surface area contributed by atoms with Gasteiger partial charge in [-0.1, -0.05) is 42.5 Å². The minimum Gasteiger partial charge on any atom is -0.494 e. The molecule has 0 saturated heterocycles. The zero-order valence-electron chi connectivity index (χ0n) is 15.7. The van der Waals surface area contributed by atoms with E-state index in [1.807, 2.05) is 43.3 Å². The number of hydrogen-bond acceptors (Lipinski definition) is 4. The molecular formula is C20H26N2O4S. The first kappa shape index (κ1) is 20.9. The van der Waals surface area contributed by atoms with Crippen molar-refractivity contribution in [2.75, 3.05) is 13.7 Å². The summed E-state index contributed by atoms with van der Waals surface area (Å²) in [4.78, 5) is 12.2. The van der Waals surface area contributed by atoms with Crippen molar-refractivity contribution in [3.05, 3.63) is 65.2 Å². The average molecular weight is 391 g/mol. The van der Waals surface area contributed by atoms with Crippen LogP contribution < -0.4 is 14.8 Å². The Bertz CT molecular complexity index is 866. The first-order chi connectivity index (χ1) is 12.9. The van der Waals surface area contributed by atoms with Crippen LogP contribution in [0.5, 0.6) is 5.75 Å². The van der Waals surface area contributed by atoms with E-state index in [1.165, 1.54) is 7.05 Å². The fourth-order valence-corrected chi connectivity index (χ4v) is 3.52. The summed E-state index contributed by atoms with van der Waals surface area (Å²) in [6.07, 6.45) is 0.916. The molecule has 0 saturated carbocycles. The van der Waals surface area contributed by atoms with Crippen LogP contribution in [0.3, 0.4) is 0 Å². The lowest BCUT2D eigenvalue weighted by molar-refractivity contribution is -0.121. The van der Waals surface area contributed by atoms with E-state index in [0.29, 0.717) is 31.6 Å². The Morgan fingerprint density at radius 2 is 1.63 bits per heavy atom. The molecule has 0 aliphatic carbocycles. The van der Waals surface area contributed by atoms with Crippen LogP contribution >= 0.6 is 0 Å². The van der Waals surface area contributed by atoms with E-state index >= 15 is 0 Å². The first-order valence-electron chi connectivity index (χ1n) is 8.90. The van der Waals surface area contributed by atoms with Gasteiger partial charge >= 0.3 is 0 Å². The number of amides is 1. The third-order valence-electron chi connectivity index (χ3n) is 4.14. The van der Waals surface area contributed by atoms with E-state index in [4.69, 9.17) is 4.74 Å². The molecule has 2 aromatic rings. The van der Waals surface area contributed by atoms with Crippen LogP contribution in [0.1, 0.15) is 30.0 Å². The number of rotatable bonds is 10. The zero-order valence-corrected chi connectivity index (χ0v) is 16.5. The number of sulfonamides is 1. The van der Waals surface area contributed by atoms with E-state index in [2.05, 4.69) is 10.0 Å². The van der Waals surface area contributed by atoms with Gasteiger partial charge in [0.2, 0.25) is 15.9 Å². The minimum atomic E-state index is -3.37. The number of carbonyl (C=O) groups excluding carboxylic acids is 1. The normalized spacial score (nSPS) is 11.2.